The number of rotatable bonds is 4. The van der Waals surface area contributed by atoms with Crippen LogP contribution in [0.25, 0.3) is 0 Å². The fourth-order valence-electron chi connectivity index (χ4n) is 1.58. The Hall–Kier alpha value is -0.940. The second-order valence-electron chi connectivity index (χ2n) is 4.61. The molecule has 1 N–H and O–H groups in total. The molecule has 0 aromatic heterocycles. The number of hydroxylamine groups is 1. The number of hydrogen-bond donors (Lipinski definition) is 1. The van der Waals surface area contributed by atoms with Gasteiger partial charge in [0.25, 0.3) is 0 Å². The van der Waals surface area contributed by atoms with Crippen LogP contribution in [0.15, 0.2) is 30.3 Å². The van der Waals surface area contributed by atoms with E-state index < -0.39 is 5.79 Å². The average Bonchev–Trinajstić information content (AvgIpc) is 2.33. The molecular formula is C13H19NO3. The molecule has 0 radical (unpaired) electrons. The van der Waals surface area contributed by atoms with Gasteiger partial charge in [0, 0.05) is 0 Å². The van der Waals surface area contributed by atoms with Gasteiger partial charge in [-0.3, -0.25) is 4.84 Å². The molecule has 0 unspecified atom stereocenters. The summed E-state index contributed by atoms with van der Waals surface area (Å²) in [6.07, 6.45) is 0. The van der Waals surface area contributed by atoms with Crippen molar-refractivity contribution in [3.05, 3.63) is 35.9 Å². The molecule has 1 aromatic carbocycles. The average molecular weight is 237 g/mol. The molecule has 1 saturated heterocycles. The standard InChI is InChI=1S/C13H19NO3/c1-13(2)15-9-12(10-16-13)14-17-8-11-6-4-3-5-7-11/h3-7,12,14H,8-10H2,1-2H3. The molecule has 1 fully saturated rings. The Balaban J connectivity index is 1.67. The molecule has 1 aliphatic heterocycles. The van der Waals surface area contributed by atoms with Gasteiger partial charge in [-0.2, -0.15) is 5.48 Å². The van der Waals surface area contributed by atoms with Crippen LogP contribution in [-0.2, 0) is 20.9 Å². The zero-order chi connectivity index (χ0) is 12.1. The molecule has 1 aromatic rings. The van der Waals surface area contributed by atoms with Gasteiger partial charge in [0.2, 0.25) is 0 Å². The van der Waals surface area contributed by atoms with Crippen molar-refractivity contribution in [1.29, 1.82) is 0 Å². The van der Waals surface area contributed by atoms with Crippen LogP contribution in [0, 0.1) is 0 Å². The SMILES string of the molecule is CC1(C)OCC(NOCc2ccccc2)CO1. The molecule has 4 heteroatoms. The molecule has 94 valence electrons. The Morgan fingerprint density at radius 1 is 1.24 bits per heavy atom. The van der Waals surface area contributed by atoms with Gasteiger partial charge in [0.05, 0.1) is 25.9 Å². The summed E-state index contributed by atoms with van der Waals surface area (Å²) in [6.45, 7) is 5.56. The monoisotopic (exact) mass is 237 g/mol. The molecule has 17 heavy (non-hydrogen) atoms. The van der Waals surface area contributed by atoms with Crippen LogP contribution in [0.1, 0.15) is 19.4 Å². The Bertz CT molecular complexity index is 330. The van der Waals surface area contributed by atoms with Gasteiger partial charge in [-0.15, -0.1) is 0 Å². The zero-order valence-corrected chi connectivity index (χ0v) is 10.3. The molecule has 1 aliphatic rings. The molecule has 0 bridgehead atoms. The van der Waals surface area contributed by atoms with Crippen molar-refractivity contribution in [2.45, 2.75) is 32.3 Å². The van der Waals surface area contributed by atoms with Gasteiger partial charge in [0.1, 0.15) is 0 Å². The molecule has 0 aliphatic carbocycles. The van der Waals surface area contributed by atoms with Crippen LogP contribution in [0.2, 0.25) is 0 Å². The fraction of sp³-hybridized carbons (Fsp3) is 0.538. The van der Waals surface area contributed by atoms with Crippen molar-refractivity contribution in [3.63, 3.8) is 0 Å². The molecule has 0 atom stereocenters. The maximum absolute atomic E-state index is 5.52. The summed E-state index contributed by atoms with van der Waals surface area (Å²) in [5.74, 6) is -0.475. The lowest BCUT2D eigenvalue weighted by molar-refractivity contribution is -0.262. The van der Waals surface area contributed by atoms with Crippen LogP contribution in [-0.4, -0.2) is 25.0 Å². The number of nitrogens with one attached hydrogen (secondary N) is 1. The predicted octanol–water partition coefficient (Wildman–Crippen LogP) is 1.86. The van der Waals surface area contributed by atoms with E-state index in [1.165, 1.54) is 0 Å². The van der Waals surface area contributed by atoms with Crippen molar-refractivity contribution in [2.75, 3.05) is 13.2 Å². The van der Waals surface area contributed by atoms with E-state index in [1.807, 2.05) is 44.2 Å². The highest BCUT2D eigenvalue weighted by molar-refractivity contribution is 5.13. The van der Waals surface area contributed by atoms with Crippen molar-refractivity contribution in [2.24, 2.45) is 0 Å². The maximum atomic E-state index is 5.52. The molecule has 0 amide bonds. The summed E-state index contributed by atoms with van der Waals surface area (Å²) in [4.78, 5) is 5.42. The fourth-order valence-corrected chi connectivity index (χ4v) is 1.58. The molecule has 1 heterocycles. The highest BCUT2D eigenvalue weighted by Gasteiger charge is 2.28. The van der Waals surface area contributed by atoms with Gasteiger partial charge in [-0.1, -0.05) is 30.3 Å². The lowest BCUT2D eigenvalue weighted by Gasteiger charge is -2.34. The first-order chi connectivity index (χ1) is 8.16. The van der Waals surface area contributed by atoms with Crippen LogP contribution < -0.4 is 5.48 Å². The second kappa shape index (κ2) is 5.60. The summed E-state index contributed by atoms with van der Waals surface area (Å²) in [7, 11) is 0. The lowest BCUT2D eigenvalue weighted by Crippen LogP contribution is -2.48. The maximum Gasteiger partial charge on any atom is 0.162 e. The van der Waals surface area contributed by atoms with E-state index >= 15 is 0 Å². The van der Waals surface area contributed by atoms with Crippen LogP contribution in [0.3, 0.4) is 0 Å². The third-order valence-corrected chi connectivity index (χ3v) is 2.60. The third kappa shape index (κ3) is 4.09. The summed E-state index contributed by atoms with van der Waals surface area (Å²) in [5.41, 5.74) is 4.09. The number of ether oxygens (including phenoxy) is 2. The van der Waals surface area contributed by atoms with Gasteiger partial charge in [0.15, 0.2) is 5.79 Å². The lowest BCUT2D eigenvalue weighted by atomic mass is 10.2. The topological polar surface area (TPSA) is 39.7 Å². The smallest absolute Gasteiger partial charge is 0.162 e. The zero-order valence-electron chi connectivity index (χ0n) is 10.3. The quantitative estimate of drug-likeness (QED) is 0.811. The van der Waals surface area contributed by atoms with Gasteiger partial charge in [-0.05, 0) is 19.4 Å². The minimum atomic E-state index is -0.475. The molecule has 4 nitrogen and oxygen atoms in total. The van der Waals surface area contributed by atoms with Gasteiger partial charge >= 0.3 is 0 Å². The Morgan fingerprint density at radius 3 is 2.53 bits per heavy atom. The summed E-state index contributed by atoms with van der Waals surface area (Å²) < 4.78 is 11.0. The Labute approximate surface area is 102 Å². The number of benzene rings is 1. The van der Waals surface area contributed by atoms with E-state index in [2.05, 4.69) is 5.48 Å². The first-order valence-corrected chi connectivity index (χ1v) is 5.85. The minimum Gasteiger partial charge on any atom is -0.349 e. The van der Waals surface area contributed by atoms with Crippen LogP contribution in [0.4, 0.5) is 0 Å². The largest absolute Gasteiger partial charge is 0.349 e. The predicted molar refractivity (Wildman–Crippen MR) is 64.1 cm³/mol. The van der Waals surface area contributed by atoms with Crippen molar-refractivity contribution in [1.82, 2.24) is 5.48 Å². The van der Waals surface area contributed by atoms with Crippen molar-refractivity contribution < 1.29 is 14.3 Å². The first-order valence-electron chi connectivity index (χ1n) is 5.85. The molecule has 2 rings (SSSR count). The highest BCUT2D eigenvalue weighted by Crippen LogP contribution is 2.16. The van der Waals surface area contributed by atoms with Crippen molar-refractivity contribution >= 4 is 0 Å². The Morgan fingerprint density at radius 2 is 1.88 bits per heavy atom. The third-order valence-electron chi connectivity index (χ3n) is 2.60. The minimum absolute atomic E-state index is 0.0896. The van der Waals surface area contributed by atoms with E-state index in [1.54, 1.807) is 0 Å². The summed E-state index contributed by atoms with van der Waals surface area (Å²) in [5, 5.41) is 0. The van der Waals surface area contributed by atoms with Crippen LogP contribution in [0.5, 0.6) is 0 Å². The van der Waals surface area contributed by atoms with Crippen LogP contribution >= 0.6 is 0 Å². The normalized spacial score (nSPS) is 20.4. The summed E-state index contributed by atoms with van der Waals surface area (Å²) >= 11 is 0. The van der Waals surface area contributed by atoms with E-state index in [-0.39, 0.29) is 6.04 Å². The first kappa shape index (κ1) is 12.5. The van der Waals surface area contributed by atoms with Gasteiger partial charge in [-0.25, -0.2) is 0 Å². The molecule has 0 saturated carbocycles. The van der Waals surface area contributed by atoms with E-state index in [4.69, 9.17) is 14.3 Å². The highest BCUT2D eigenvalue weighted by atomic mass is 16.7. The van der Waals surface area contributed by atoms with E-state index in [9.17, 15) is 0 Å². The van der Waals surface area contributed by atoms with Crippen molar-refractivity contribution in [3.8, 4) is 0 Å². The molecular weight excluding hydrogens is 218 g/mol. The Kier molecular flexibility index (Phi) is 4.12. The van der Waals surface area contributed by atoms with E-state index in [0.717, 1.165) is 5.56 Å². The number of hydrogen-bond acceptors (Lipinski definition) is 4. The summed E-state index contributed by atoms with van der Waals surface area (Å²) in [6, 6.07) is 10.1. The van der Waals surface area contributed by atoms with Gasteiger partial charge < -0.3 is 9.47 Å². The second-order valence-corrected chi connectivity index (χ2v) is 4.61. The van der Waals surface area contributed by atoms with E-state index in [0.29, 0.717) is 19.8 Å². The molecule has 0 spiro atoms.